The molecule has 1 aromatic heterocycles. The Hall–Kier alpha value is -4.00. The van der Waals surface area contributed by atoms with Gasteiger partial charge in [0.25, 0.3) is 0 Å². The molecule has 1 aliphatic rings. The second kappa shape index (κ2) is 9.87. The summed E-state index contributed by atoms with van der Waals surface area (Å²) in [6, 6.07) is 16.9. The summed E-state index contributed by atoms with van der Waals surface area (Å²) in [7, 11) is 0. The summed E-state index contributed by atoms with van der Waals surface area (Å²) in [5.41, 5.74) is 3.95. The quantitative estimate of drug-likeness (QED) is 0.545. The molecule has 0 saturated carbocycles. The number of aliphatic hydroxyl groups is 1. The van der Waals surface area contributed by atoms with Gasteiger partial charge in [-0.1, -0.05) is 6.07 Å². The zero-order chi connectivity index (χ0) is 22.3. The summed E-state index contributed by atoms with van der Waals surface area (Å²) in [6.45, 7) is 2.59. The smallest absolute Gasteiger partial charge is 0.250 e. The lowest BCUT2D eigenvalue weighted by molar-refractivity contribution is -0.118. The first-order valence-electron chi connectivity index (χ1n) is 10.1. The molecule has 1 saturated heterocycles. The zero-order valence-corrected chi connectivity index (χ0v) is 17.3. The summed E-state index contributed by atoms with van der Waals surface area (Å²) in [5, 5.41) is 24.0. The molecule has 3 aromatic rings. The normalized spacial score (nSPS) is 13.3. The Morgan fingerprint density at radius 2 is 1.94 bits per heavy atom. The van der Waals surface area contributed by atoms with E-state index in [1.165, 1.54) is 0 Å². The molecule has 3 N–H and O–H groups in total. The fraction of sp³-hybridized carbons (Fsp3) is 0.217. The van der Waals surface area contributed by atoms with E-state index in [0.29, 0.717) is 22.9 Å². The van der Waals surface area contributed by atoms with Crippen LogP contribution >= 0.6 is 0 Å². The lowest BCUT2D eigenvalue weighted by Gasteiger charge is -2.28. The minimum atomic E-state index is -0.652. The van der Waals surface area contributed by atoms with Gasteiger partial charge in [0.05, 0.1) is 30.2 Å². The molecule has 2 heterocycles. The van der Waals surface area contributed by atoms with Crippen LogP contribution in [-0.2, 0) is 9.53 Å². The maximum Gasteiger partial charge on any atom is 0.250 e. The Balaban J connectivity index is 1.50. The molecule has 0 radical (unpaired) electrons. The third-order valence-corrected chi connectivity index (χ3v) is 5.01. The highest BCUT2D eigenvalue weighted by molar-refractivity contribution is 5.93. The van der Waals surface area contributed by atoms with Crippen LogP contribution in [-0.4, -0.2) is 53.9 Å². The Bertz CT molecular complexity index is 1140. The van der Waals surface area contributed by atoms with Gasteiger partial charge in [-0.15, -0.1) is 0 Å². The van der Waals surface area contributed by atoms with Gasteiger partial charge in [0.2, 0.25) is 11.9 Å². The van der Waals surface area contributed by atoms with E-state index in [2.05, 4.69) is 43.7 Å². The highest BCUT2D eigenvalue weighted by atomic mass is 16.5. The number of ether oxygens (including phenoxy) is 1. The summed E-state index contributed by atoms with van der Waals surface area (Å²) in [5.74, 6) is -0.153. The largest absolute Gasteiger partial charge is 0.387 e. The highest BCUT2D eigenvalue weighted by Crippen LogP contribution is 2.25. The van der Waals surface area contributed by atoms with Gasteiger partial charge in [0, 0.05) is 36.2 Å². The number of anilines is 4. The first kappa shape index (κ1) is 21.2. The van der Waals surface area contributed by atoms with E-state index in [4.69, 9.17) is 9.84 Å². The Kier molecular flexibility index (Phi) is 6.55. The van der Waals surface area contributed by atoms with E-state index in [9.17, 15) is 10.1 Å². The van der Waals surface area contributed by atoms with Crippen molar-refractivity contribution in [2.75, 3.05) is 48.4 Å². The van der Waals surface area contributed by atoms with Gasteiger partial charge in [-0.05, 0) is 42.5 Å². The summed E-state index contributed by atoms with van der Waals surface area (Å²) >= 11 is 0. The number of rotatable bonds is 6. The van der Waals surface area contributed by atoms with Crippen molar-refractivity contribution in [3.8, 4) is 17.3 Å². The first-order chi connectivity index (χ1) is 15.7. The number of hydrogen-bond acceptors (Lipinski definition) is 8. The first-order valence-corrected chi connectivity index (χ1v) is 10.1. The van der Waals surface area contributed by atoms with Crippen LogP contribution in [0.2, 0.25) is 0 Å². The molecule has 9 heteroatoms. The van der Waals surface area contributed by atoms with E-state index in [-0.39, 0.29) is 5.56 Å². The number of morpholine rings is 1. The van der Waals surface area contributed by atoms with Gasteiger partial charge < -0.3 is 25.4 Å². The molecule has 2 aromatic carbocycles. The van der Waals surface area contributed by atoms with Crippen molar-refractivity contribution in [3.63, 3.8) is 0 Å². The maximum atomic E-state index is 11.4. The second-order valence-electron chi connectivity index (χ2n) is 7.12. The third-order valence-electron chi connectivity index (χ3n) is 5.01. The van der Waals surface area contributed by atoms with Crippen LogP contribution in [0.15, 0.2) is 54.7 Å². The molecular formula is C23H22N6O3. The van der Waals surface area contributed by atoms with Crippen LogP contribution in [0.1, 0.15) is 5.56 Å². The molecule has 32 heavy (non-hydrogen) atoms. The predicted octanol–water partition coefficient (Wildman–Crippen LogP) is 2.53. The number of nitrogens with zero attached hydrogens (tertiary/aromatic N) is 4. The van der Waals surface area contributed by atoms with Gasteiger partial charge in [0.15, 0.2) is 0 Å². The van der Waals surface area contributed by atoms with Gasteiger partial charge in [0.1, 0.15) is 12.7 Å². The lowest BCUT2D eigenvalue weighted by atomic mass is 10.1. The summed E-state index contributed by atoms with van der Waals surface area (Å²) in [4.78, 5) is 22.5. The van der Waals surface area contributed by atoms with Crippen molar-refractivity contribution in [2.45, 2.75) is 0 Å². The zero-order valence-electron chi connectivity index (χ0n) is 17.3. The minimum Gasteiger partial charge on any atom is -0.387 e. The van der Waals surface area contributed by atoms with Crippen molar-refractivity contribution in [1.82, 2.24) is 9.97 Å². The fourth-order valence-electron chi connectivity index (χ4n) is 3.38. The number of carbonyl (C=O) groups excluding carboxylic acids is 1. The van der Waals surface area contributed by atoms with Gasteiger partial charge in [-0.25, -0.2) is 9.97 Å². The molecular weight excluding hydrogens is 408 g/mol. The van der Waals surface area contributed by atoms with Gasteiger partial charge in [-0.2, -0.15) is 5.26 Å². The summed E-state index contributed by atoms with van der Waals surface area (Å²) < 4.78 is 5.40. The molecule has 0 aliphatic carbocycles. The molecule has 0 unspecified atom stereocenters. The molecule has 1 fully saturated rings. The number of aromatic nitrogens is 2. The van der Waals surface area contributed by atoms with Crippen LogP contribution < -0.4 is 15.5 Å². The number of hydrogen-bond donors (Lipinski definition) is 3. The van der Waals surface area contributed by atoms with Crippen molar-refractivity contribution >= 4 is 28.9 Å². The van der Waals surface area contributed by atoms with Gasteiger partial charge >= 0.3 is 0 Å². The van der Waals surface area contributed by atoms with Crippen molar-refractivity contribution < 1.29 is 14.6 Å². The molecule has 0 atom stereocenters. The molecule has 0 spiro atoms. The molecule has 1 amide bonds. The number of carbonyl (C=O) groups is 1. The Morgan fingerprint density at radius 3 is 2.66 bits per heavy atom. The molecule has 0 bridgehead atoms. The van der Waals surface area contributed by atoms with E-state index >= 15 is 0 Å². The van der Waals surface area contributed by atoms with E-state index in [0.717, 1.165) is 37.7 Å². The third kappa shape index (κ3) is 5.00. The fourth-order valence-corrected chi connectivity index (χ4v) is 3.38. The van der Waals surface area contributed by atoms with E-state index in [1.54, 1.807) is 30.5 Å². The number of amides is 1. The summed E-state index contributed by atoms with van der Waals surface area (Å²) in [6.07, 6.45) is 1.64. The standard InChI is InChI=1S/C23H22N6O3/c24-14-17-13-16(1-6-20(17)27-22(31)15-30)21-7-8-25-23(28-21)26-18-2-4-19(5-3-18)29-9-11-32-12-10-29/h1-8,13,30H,9-12,15H2,(H,27,31)(H,25,26,28). The highest BCUT2D eigenvalue weighted by Gasteiger charge is 2.12. The van der Waals surface area contributed by atoms with Crippen LogP contribution in [0.5, 0.6) is 0 Å². The Labute approximate surface area is 185 Å². The van der Waals surface area contributed by atoms with Crippen molar-refractivity contribution in [3.05, 3.63) is 60.3 Å². The average Bonchev–Trinajstić information content (AvgIpc) is 2.85. The van der Waals surface area contributed by atoms with Crippen LogP contribution in [0.25, 0.3) is 11.3 Å². The minimum absolute atomic E-state index is 0.274. The monoisotopic (exact) mass is 430 g/mol. The van der Waals surface area contributed by atoms with E-state index in [1.807, 2.05) is 12.1 Å². The van der Waals surface area contributed by atoms with Crippen molar-refractivity contribution in [1.29, 1.82) is 5.26 Å². The molecule has 9 nitrogen and oxygen atoms in total. The SMILES string of the molecule is N#Cc1cc(-c2ccnc(Nc3ccc(N4CCOCC4)cc3)n2)ccc1NC(=O)CO. The van der Waals surface area contributed by atoms with Gasteiger partial charge in [-0.3, -0.25) is 4.79 Å². The van der Waals surface area contributed by atoms with Crippen LogP contribution in [0.4, 0.5) is 23.0 Å². The topological polar surface area (TPSA) is 123 Å². The van der Waals surface area contributed by atoms with E-state index < -0.39 is 12.5 Å². The van der Waals surface area contributed by atoms with Crippen molar-refractivity contribution in [2.24, 2.45) is 0 Å². The molecule has 4 rings (SSSR count). The number of nitriles is 1. The number of benzene rings is 2. The second-order valence-corrected chi connectivity index (χ2v) is 7.12. The number of nitrogens with one attached hydrogen (secondary N) is 2. The Morgan fingerprint density at radius 1 is 1.16 bits per heavy atom. The van der Waals surface area contributed by atoms with Crippen LogP contribution in [0, 0.1) is 11.3 Å². The predicted molar refractivity (Wildman–Crippen MR) is 121 cm³/mol. The number of aliphatic hydroxyl groups excluding tert-OH is 1. The molecule has 1 aliphatic heterocycles. The average molecular weight is 430 g/mol. The lowest BCUT2D eigenvalue weighted by Crippen LogP contribution is -2.36. The molecule has 162 valence electrons. The van der Waals surface area contributed by atoms with Crippen LogP contribution in [0.3, 0.4) is 0 Å². The maximum absolute atomic E-state index is 11.4.